The summed E-state index contributed by atoms with van der Waals surface area (Å²) in [5, 5.41) is 13.2. The third-order valence-corrected chi connectivity index (χ3v) is 4.54. The van der Waals surface area contributed by atoms with Gasteiger partial charge in [-0.3, -0.25) is 4.98 Å². The number of nitrogens with zero attached hydrogens (tertiary/aromatic N) is 3. The SMILES string of the molecule is CNc1nc(-c2cccnc2)nc2ccc(-c3ccc(CCO)cc3)cc12. The van der Waals surface area contributed by atoms with Crippen LogP contribution < -0.4 is 5.32 Å². The zero-order valence-electron chi connectivity index (χ0n) is 15.1. The Morgan fingerprint density at radius 2 is 1.74 bits per heavy atom. The first-order chi connectivity index (χ1) is 13.3. The first-order valence-electron chi connectivity index (χ1n) is 8.88. The molecule has 5 heteroatoms. The Balaban J connectivity index is 1.78. The molecule has 0 atom stereocenters. The van der Waals surface area contributed by atoms with Gasteiger partial charge in [-0.2, -0.15) is 0 Å². The molecule has 0 fully saturated rings. The molecule has 5 nitrogen and oxygen atoms in total. The molecule has 134 valence electrons. The lowest BCUT2D eigenvalue weighted by atomic mass is 10.0. The van der Waals surface area contributed by atoms with E-state index in [2.05, 4.69) is 51.7 Å². The van der Waals surface area contributed by atoms with E-state index in [4.69, 9.17) is 10.1 Å². The highest BCUT2D eigenvalue weighted by molar-refractivity contribution is 5.93. The minimum Gasteiger partial charge on any atom is -0.396 e. The van der Waals surface area contributed by atoms with Crippen molar-refractivity contribution in [2.75, 3.05) is 19.0 Å². The van der Waals surface area contributed by atoms with E-state index in [0.29, 0.717) is 12.2 Å². The number of benzene rings is 2. The maximum absolute atomic E-state index is 9.06. The lowest BCUT2D eigenvalue weighted by molar-refractivity contribution is 0.299. The van der Waals surface area contributed by atoms with Crippen molar-refractivity contribution >= 4 is 16.7 Å². The molecule has 4 aromatic rings. The molecule has 0 radical (unpaired) electrons. The summed E-state index contributed by atoms with van der Waals surface area (Å²) < 4.78 is 0. The maximum Gasteiger partial charge on any atom is 0.163 e. The van der Waals surface area contributed by atoms with Crippen LogP contribution >= 0.6 is 0 Å². The van der Waals surface area contributed by atoms with E-state index >= 15 is 0 Å². The molecule has 2 heterocycles. The summed E-state index contributed by atoms with van der Waals surface area (Å²) in [5.41, 5.74) is 5.12. The van der Waals surface area contributed by atoms with Crippen LogP contribution in [0, 0.1) is 0 Å². The Hall–Kier alpha value is -3.31. The fourth-order valence-electron chi connectivity index (χ4n) is 3.12. The second-order valence-electron chi connectivity index (χ2n) is 6.29. The zero-order valence-corrected chi connectivity index (χ0v) is 15.1. The summed E-state index contributed by atoms with van der Waals surface area (Å²) in [6, 6.07) is 18.3. The van der Waals surface area contributed by atoms with Crippen molar-refractivity contribution in [3.8, 4) is 22.5 Å². The molecule has 0 aliphatic carbocycles. The van der Waals surface area contributed by atoms with Crippen molar-refractivity contribution in [2.45, 2.75) is 6.42 Å². The lowest BCUT2D eigenvalue weighted by Crippen LogP contribution is -1.99. The van der Waals surface area contributed by atoms with E-state index in [1.54, 1.807) is 12.4 Å². The van der Waals surface area contributed by atoms with Crippen molar-refractivity contribution in [2.24, 2.45) is 0 Å². The maximum atomic E-state index is 9.06. The fraction of sp³-hybridized carbons (Fsp3) is 0.136. The van der Waals surface area contributed by atoms with Crippen molar-refractivity contribution in [1.82, 2.24) is 15.0 Å². The van der Waals surface area contributed by atoms with Crippen LogP contribution in [0.25, 0.3) is 33.4 Å². The number of fused-ring (bicyclic) bond motifs is 1. The minimum atomic E-state index is 0.164. The van der Waals surface area contributed by atoms with Crippen LogP contribution in [0.1, 0.15) is 5.56 Å². The Bertz CT molecular complexity index is 1060. The van der Waals surface area contributed by atoms with Crippen molar-refractivity contribution in [1.29, 1.82) is 0 Å². The van der Waals surface area contributed by atoms with Crippen molar-refractivity contribution in [3.63, 3.8) is 0 Å². The van der Waals surface area contributed by atoms with Gasteiger partial charge in [-0.15, -0.1) is 0 Å². The average Bonchev–Trinajstić information content (AvgIpc) is 2.74. The van der Waals surface area contributed by atoms with Gasteiger partial charge < -0.3 is 10.4 Å². The van der Waals surface area contributed by atoms with Gasteiger partial charge in [0.05, 0.1) is 5.52 Å². The predicted molar refractivity (Wildman–Crippen MR) is 109 cm³/mol. The third-order valence-electron chi connectivity index (χ3n) is 4.54. The van der Waals surface area contributed by atoms with Crippen molar-refractivity contribution < 1.29 is 5.11 Å². The monoisotopic (exact) mass is 356 g/mol. The standard InChI is InChI=1S/C22H20N4O/c1-23-22-19-13-17(16-6-4-15(5-7-16)10-12-27)8-9-20(19)25-21(26-22)18-3-2-11-24-14-18/h2-9,11,13-14,27H,10,12H2,1H3,(H,23,25,26). The number of hydrogen-bond donors (Lipinski definition) is 2. The number of anilines is 1. The molecular weight excluding hydrogens is 336 g/mol. The molecular formula is C22H20N4O. The number of pyridine rings is 1. The van der Waals surface area contributed by atoms with Gasteiger partial charge in [0, 0.05) is 37.0 Å². The predicted octanol–water partition coefficient (Wildman–Crippen LogP) is 3.94. The van der Waals surface area contributed by atoms with E-state index in [1.807, 2.05) is 25.2 Å². The third kappa shape index (κ3) is 3.50. The molecule has 27 heavy (non-hydrogen) atoms. The zero-order chi connectivity index (χ0) is 18.6. The molecule has 2 N–H and O–H groups in total. The van der Waals surface area contributed by atoms with E-state index in [0.717, 1.165) is 39.0 Å². The molecule has 0 aliphatic rings. The van der Waals surface area contributed by atoms with Gasteiger partial charge in [0.15, 0.2) is 5.82 Å². The van der Waals surface area contributed by atoms with E-state index in [9.17, 15) is 0 Å². The number of hydrogen-bond acceptors (Lipinski definition) is 5. The number of rotatable bonds is 5. The molecule has 0 aliphatic heterocycles. The van der Waals surface area contributed by atoms with Crippen molar-refractivity contribution in [3.05, 3.63) is 72.6 Å². The molecule has 0 saturated heterocycles. The summed E-state index contributed by atoms with van der Waals surface area (Å²) in [5.74, 6) is 1.44. The second kappa shape index (κ2) is 7.51. The summed E-state index contributed by atoms with van der Waals surface area (Å²) >= 11 is 0. The highest BCUT2D eigenvalue weighted by Gasteiger charge is 2.10. The lowest BCUT2D eigenvalue weighted by Gasteiger charge is -2.10. The number of nitrogens with one attached hydrogen (secondary N) is 1. The molecule has 0 bridgehead atoms. The van der Waals surface area contributed by atoms with Crippen LogP contribution in [0.3, 0.4) is 0 Å². The van der Waals surface area contributed by atoms with Gasteiger partial charge in [0.2, 0.25) is 0 Å². The molecule has 0 spiro atoms. The van der Waals surface area contributed by atoms with Gasteiger partial charge in [-0.25, -0.2) is 9.97 Å². The Morgan fingerprint density at radius 3 is 2.44 bits per heavy atom. The number of aliphatic hydroxyl groups is 1. The highest BCUT2D eigenvalue weighted by Crippen LogP contribution is 2.29. The molecule has 2 aromatic carbocycles. The van der Waals surface area contributed by atoms with Crippen LogP contribution in [-0.2, 0) is 6.42 Å². The van der Waals surface area contributed by atoms with Gasteiger partial charge in [0.1, 0.15) is 5.82 Å². The Kier molecular flexibility index (Phi) is 4.77. The summed E-state index contributed by atoms with van der Waals surface area (Å²) in [6.07, 6.45) is 4.18. The summed E-state index contributed by atoms with van der Waals surface area (Å²) in [4.78, 5) is 13.5. The summed E-state index contributed by atoms with van der Waals surface area (Å²) in [7, 11) is 1.87. The van der Waals surface area contributed by atoms with E-state index in [1.165, 1.54) is 0 Å². The van der Waals surface area contributed by atoms with E-state index < -0.39 is 0 Å². The van der Waals surface area contributed by atoms with Gasteiger partial charge >= 0.3 is 0 Å². The molecule has 2 aromatic heterocycles. The quantitative estimate of drug-likeness (QED) is 0.567. The average molecular weight is 356 g/mol. The van der Waals surface area contributed by atoms with Gasteiger partial charge in [-0.05, 0) is 47.4 Å². The van der Waals surface area contributed by atoms with Crippen LogP contribution in [0.5, 0.6) is 0 Å². The highest BCUT2D eigenvalue weighted by atomic mass is 16.2. The largest absolute Gasteiger partial charge is 0.396 e. The summed E-state index contributed by atoms with van der Waals surface area (Å²) in [6.45, 7) is 0.164. The van der Waals surface area contributed by atoms with Crippen LogP contribution in [0.15, 0.2) is 67.0 Å². The molecule has 0 unspecified atom stereocenters. The second-order valence-corrected chi connectivity index (χ2v) is 6.29. The Labute approximate surface area is 157 Å². The Morgan fingerprint density at radius 1 is 0.926 bits per heavy atom. The minimum absolute atomic E-state index is 0.164. The van der Waals surface area contributed by atoms with Gasteiger partial charge in [0.25, 0.3) is 0 Å². The van der Waals surface area contributed by atoms with E-state index in [-0.39, 0.29) is 6.61 Å². The normalized spacial score (nSPS) is 10.9. The number of aromatic nitrogens is 3. The van der Waals surface area contributed by atoms with Crippen LogP contribution in [0.2, 0.25) is 0 Å². The smallest absolute Gasteiger partial charge is 0.163 e. The molecule has 0 amide bonds. The topological polar surface area (TPSA) is 70.9 Å². The first kappa shape index (κ1) is 17.1. The first-order valence-corrected chi connectivity index (χ1v) is 8.88. The number of aliphatic hydroxyl groups excluding tert-OH is 1. The fourth-order valence-corrected chi connectivity index (χ4v) is 3.12. The molecule has 4 rings (SSSR count). The van der Waals surface area contributed by atoms with Crippen LogP contribution in [0.4, 0.5) is 5.82 Å². The van der Waals surface area contributed by atoms with Crippen LogP contribution in [-0.4, -0.2) is 33.7 Å². The molecule has 0 saturated carbocycles. The van der Waals surface area contributed by atoms with Gasteiger partial charge in [-0.1, -0.05) is 30.3 Å².